The van der Waals surface area contributed by atoms with E-state index < -0.39 is 0 Å². The Morgan fingerprint density at radius 2 is 2.00 bits per heavy atom. The number of rotatable bonds is 2. The average molecular weight is 344 g/mol. The number of para-hydroxylation sites is 1. The highest BCUT2D eigenvalue weighted by atomic mass is 16.5. The van der Waals surface area contributed by atoms with Crippen LogP contribution in [0, 0.1) is 6.92 Å². The minimum Gasteiger partial charge on any atom is -0.493 e. The van der Waals surface area contributed by atoms with Gasteiger partial charge >= 0.3 is 0 Å². The molecule has 4 heteroatoms. The fraction of sp³-hybridized carbons (Fsp3) is 0.182. The van der Waals surface area contributed by atoms with Crippen molar-refractivity contribution >= 4 is 11.0 Å². The molecule has 2 aromatic heterocycles. The Morgan fingerprint density at radius 3 is 2.88 bits per heavy atom. The van der Waals surface area contributed by atoms with E-state index >= 15 is 0 Å². The lowest BCUT2D eigenvalue weighted by Crippen LogP contribution is -2.20. The van der Waals surface area contributed by atoms with E-state index in [1.165, 1.54) is 22.5 Å². The van der Waals surface area contributed by atoms with Crippen molar-refractivity contribution in [1.82, 2.24) is 9.88 Å². The van der Waals surface area contributed by atoms with Gasteiger partial charge in [-0.05, 0) is 48.4 Å². The van der Waals surface area contributed by atoms with Crippen LogP contribution in [0.25, 0.3) is 16.7 Å². The van der Waals surface area contributed by atoms with E-state index in [-0.39, 0.29) is 6.04 Å². The molecule has 1 aliphatic heterocycles. The first kappa shape index (κ1) is 15.3. The van der Waals surface area contributed by atoms with Gasteiger partial charge < -0.3 is 13.7 Å². The highest BCUT2D eigenvalue weighted by molar-refractivity contribution is 5.84. The van der Waals surface area contributed by atoms with Gasteiger partial charge in [0, 0.05) is 23.8 Å². The van der Waals surface area contributed by atoms with Crippen LogP contribution in [-0.2, 0) is 6.54 Å². The van der Waals surface area contributed by atoms with Crippen molar-refractivity contribution in [1.29, 1.82) is 0 Å². The lowest BCUT2D eigenvalue weighted by molar-refractivity contribution is 0.402. The molecule has 1 aliphatic rings. The summed E-state index contributed by atoms with van der Waals surface area (Å²) in [5.74, 6) is 1.66. The molecule has 0 saturated carbocycles. The Labute approximate surface area is 152 Å². The van der Waals surface area contributed by atoms with E-state index in [4.69, 9.17) is 9.15 Å². The smallest absolute Gasteiger partial charge is 0.176 e. The van der Waals surface area contributed by atoms with Crippen molar-refractivity contribution in [3.05, 3.63) is 83.4 Å². The number of furan rings is 1. The first-order valence-corrected chi connectivity index (χ1v) is 8.82. The second kappa shape index (κ2) is 5.78. The molecule has 0 amide bonds. The van der Waals surface area contributed by atoms with Gasteiger partial charge in [0.25, 0.3) is 0 Å². The first-order valence-electron chi connectivity index (χ1n) is 8.82. The molecule has 0 fully saturated rings. The van der Waals surface area contributed by atoms with Crippen LogP contribution in [0.4, 0.5) is 0 Å². The van der Waals surface area contributed by atoms with Gasteiger partial charge in [0.1, 0.15) is 11.8 Å². The number of benzene rings is 2. The lowest BCUT2D eigenvalue weighted by Gasteiger charge is -2.15. The van der Waals surface area contributed by atoms with Gasteiger partial charge in [-0.15, -0.1) is 0 Å². The van der Waals surface area contributed by atoms with Crippen molar-refractivity contribution in [2.75, 3.05) is 7.11 Å². The van der Waals surface area contributed by atoms with Gasteiger partial charge in [0.15, 0.2) is 11.3 Å². The molecule has 26 heavy (non-hydrogen) atoms. The summed E-state index contributed by atoms with van der Waals surface area (Å²) in [4.78, 5) is 0. The predicted octanol–water partition coefficient (Wildman–Crippen LogP) is 4.73. The first-order chi connectivity index (χ1) is 12.8. The molecule has 3 heterocycles. The molecule has 130 valence electrons. The molecule has 5 rings (SSSR count). The van der Waals surface area contributed by atoms with Gasteiger partial charge in [-0.3, -0.25) is 5.32 Å². The predicted molar refractivity (Wildman–Crippen MR) is 102 cm³/mol. The van der Waals surface area contributed by atoms with Gasteiger partial charge in [0.2, 0.25) is 0 Å². The van der Waals surface area contributed by atoms with Crippen LogP contribution in [0.1, 0.15) is 28.6 Å². The number of aromatic nitrogens is 1. The fourth-order valence-corrected chi connectivity index (χ4v) is 3.91. The maximum Gasteiger partial charge on any atom is 0.176 e. The summed E-state index contributed by atoms with van der Waals surface area (Å²) in [5, 5.41) is 4.73. The largest absolute Gasteiger partial charge is 0.493 e. The van der Waals surface area contributed by atoms with Gasteiger partial charge in [-0.1, -0.05) is 24.3 Å². The molecule has 2 aromatic carbocycles. The lowest BCUT2D eigenvalue weighted by atomic mass is 10.1. The number of ether oxygens (including phenoxy) is 1. The van der Waals surface area contributed by atoms with Crippen molar-refractivity contribution < 1.29 is 9.15 Å². The number of hydrogen-bond donors (Lipinski definition) is 1. The number of nitrogens with one attached hydrogen (secondary N) is 1. The van der Waals surface area contributed by atoms with Gasteiger partial charge in [-0.2, -0.15) is 0 Å². The average Bonchev–Trinajstić information content (AvgIpc) is 3.27. The second-order valence-electron chi connectivity index (χ2n) is 6.72. The quantitative estimate of drug-likeness (QED) is 0.571. The molecule has 0 bridgehead atoms. The molecule has 0 aliphatic carbocycles. The topological polar surface area (TPSA) is 39.3 Å². The normalized spacial score (nSPS) is 16.2. The summed E-state index contributed by atoms with van der Waals surface area (Å²) in [7, 11) is 1.67. The number of fused-ring (bicyclic) bond motifs is 4. The minimum atomic E-state index is -0.0195. The second-order valence-corrected chi connectivity index (χ2v) is 6.72. The van der Waals surface area contributed by atoms with Crippen LogP contribution in [-0.4, -0.2) is 11.7 Å². The third kappa shape index (κ3) is 2.19. The molecule has 0 saturated heterocycles. The third-order valence-corrected chi connectivity index (χ3v) is 5.24. The van der Waals surface area contributed by atoms with E-state index in [1.807, 2.05) is 12.1 Å². The van der Waals surface area contributed by atoms with E-state index in [2.05, 4.69) is 65.5 Å². The molecule has 1 atom stereocenters. The number of nitrogens with zero attached hydrogens (tertiary/aromatic N) is 1. The molecule has 4 aromatic rings. The van der Waals surface area contributed by atoms with E-state index in [9.17, 15) is 0 Å². The summed E-state index contributed by atoms with van der Waals surface area (Å²) in [6.45, 7) is 2.96. The molecule has 0 radical (unpaired) electrons. The Kier molecular flexibility index (Phi) is 3.40. The molecular formula is C22H20N2O2. The summed E-state index contributed by atoms with van der Waals surface area (Å²) >= 11 is 0. The Bertz CT molecular complexity index is 1110. The van der Waals surface area contributed by atoms with Crippen molar-refractivity contribution in [3.63, 3.8) is 0 Å². The van der Waals surface area contributed by atoms with Crippen LogP contribution in [0.15, 0.2) is 65.2 Å². The van der Waals surface area contributed by atoms with Crippen LogP contribution < -0.4 is 10.1 Å². The van der Waals surface area contributed by atoms with E-state index in [0.717, 1.165) is 29.0 Å². The van der Waals surface area contributed by atoms with E-state index in [0.29, 0.717) is 0 Å². The van der Waals surface area contributed by atoms with E-state index in [1.54, 1.807) is 7.11 Å². The number of aryl methyl sites for hydroxylation is 1. The zero-order valence-corrected chi connectivity index (χ0v) is 14.8. The number of hydrogen-bond acceptors (Lipinski definition) is 3. The Morgan fingerprint density at radius 1 is 1.12 bits per heavy atom. The summed E-state index contributed by atoms with van der Waals surface area (Å²) in [6, 6.07) is 18.8. The zero-order chi connectivity index (χ0) is 17.7. The summed E-state index contributed by atoms with van der Waals surface area (Å²) < 4.78 is 14.0. The maximum absolute atomic E-state index is 6.24. The monoisotopic (exact) mass is 344 g/mol. The van der Waals surface area contributed by atoms with Crippen LogP contribution in [0.2, 0.25) is 0 Å². The molecule has 0 spiro atoms. The maximum atomic E-state index is 6.24. The van der Waals surface area contributed by atoms with Crippen LogP contribution in [0.5, 0.6) is 5.75 Å². The van der Waals surface area contributed by atoms with Gasteiger partial charge in [0.05, 0.1) is 12.8 Å². The van der Waals surface area contributed by atoms with Crippen LogP contribution in [0.3, 0.4) is 0 Å². The molecule has 4 nitrogen and oxygen atoms in total. The van der Waals surface area contributed by atoms with Crippen molar-refractivity contribution in [3.8, 4) is 11.4 Å². The van der Waals surface area contributed by atoms with Crippen LogP contribution >= 0.6 is 0 Å². The third-order valence-electron chi connectivity index (χ3n) is 5.24. The minimum absolute atomic E-state index is 0.0195. The fourth-order valence-electron chi connectivity index (χ4n) is 3.91. The Hall–Kier alpha value is -2.98. The Balaban J connectivity index is 1.67. The van der Waals surface area contributed by atoms with Crippen molar-refractivity contribution in [2.24, 2.45) is 0 Å². The molecule has 1 N–H and O–H groups in total. The SMILES string of the molecule is COc1cccc2cc(C3NCc4c(C)cccc4-n4cccc43)oc12. The number of methoxy groups -OCH3 is 1. The highest BCUT2D eigenvalue weighted by Crippen LogP contribution is 2.36. The molecular weight excluding hydrogens is 324 g/mol. The highest BCUT2D eigenvalue weighted by Gasteiger charge is 2.26. The summed E-state index contributed by atoms with van der Waals surface area (Å²) in [6.07, 6.45) is 2.12. The zero-order valence-electron chi connectivity index (χ0n) is 14.8. The van der Waals surface area contributed by atoms with Gasteiger partial charge in [-0.25, -0.2) is 0 Å². The standard InChI is InChI=1S/C22H20N2O2/c1-14-6-3-8-17-16(14)13-23-21(18-9-5-11-24(17)18)20-12-15-7-4-10-19(25-2)22(15)26-20/h3-12,21,23H,13H2,1-2H3. The summed E-state index contributed by atoms with van der Waals surface area (Å²) in [5.41, 5.74) is 5.81. The molecule has 1 unspecified atom stereocenters. The van der Waals surface area contributed by atoms with Crippen molar-refractivity contribution in [2.45, 2.75) is 19.5 Å².